The van der Waals surface area contributed by atoms with E-state index in [0.717, 1.165) is 79.9 Å². The van der Waals surface area contributed by atoms with Crippen molar-refractivity contribution in [3.63, 3.8) is 0 Å². The van der Waals surface area contributed by atoms with E-state index >= 15 is 0 Å². The van der Waals surface area contributed by atoms with Crippen molar-refractivity contribution in [2.24, 2.45) is 0 Å². The maximum atomic E-state index is 13.6. The Kier molecular flexibility index (Phi) is 9.39. The summed E-state index contributed by atoms with van der Waals surface area (Å²) in [4.78, 5) is 16.1. The van der Waals surface area contributed by atoms with Crippen molar-refractivity contribution in [2.75, 3.05) is 24.2 Å². The highest BCUT2D eigenvalue weighted by Gasteiger charge is 2.44. The molecule has 230 valence electrons. The van der Waals surface area contributed by atoms with Gasteiger partial charge in [-0.25, -0.2) is 4.79 Å². The van der Waals surface area contributed by atoms with Crippen molar-refractivity contribution >= 4 is 62.8 Å². The molecule has 0 spiro atoms. The number of halogens is 1. The van der Waals surface area contributed by atoms with Crippen LogP contribution in [0, 0.1) is 0 Å². The Morgan fingerprint density at radius 2 is 1.36 bits per heavy atom. The van der Waals surface area contributed by atoms with Gasteiger partial charge in [-0.15, -0.1) is 0 Å². The fourth-order valence-corrected chi connectivity index (χ4v) is 12.5. The SMILES string of the molecule is O=c1oc2c3c4c(cc2c(COI)c1CCCCC[P+](c1ccccc1)(c1ccccc1)c1ccccc1)CCCN4CCC3. The van der Waals surface area contributed by atoms with E-state index in [2.05, 4.69) is 102 Å². The van der Waals surface area contributed by atoms with Gasteiger partial charge < -0.3 is 12.4 Å². The topological polar surface area (TPSA) is 42.7 Å². The van der Waals surface area contributed by atoms with Crippen LogP contribution in [0.1, 0.15) is 54.4 Å². The van der Waals surface area contributed by atoms with E-state index in [1.165, 1.54) is 39.1 Å². The second-order valence-corrected chi connectivity index (χ2v) is 16.6. The maximum Gasteiger partial charge on any atom is 0.339 e. The molecular formula is C39H40INO3P+. The summed E-state index contributed by atoms with van der Waals surface area (Å²) in [5.74, 6) is 0. The smallest absolute Gasteiger partial charge is 0.339 e. The molecule has 0 aliphatic carbocycles. The predicted molar refractivity (Wildman–Crippen MR) is 198 cm³/mol. The molecule has 0 N–H and O–H groups in total. The average molecular weight is 729 g/mol. The number of nitrogens with zero attached hydrogens (tertiary/aromatic N) is 1. The lowest BCUT2D eigenvalue weighted by molar-refractivity contribution is 0.413. The van der Waals surface area contributed by atoms with Gasteiger partial charge in [-0.05, 0) is 99.4 Å². The maximum absolute atomic E-state index is 13.6. The highest BCUT2D eigenvalue weighted by molar-refractivity contribution is 14.1. The molecule has 2 aliphatic rings. The number of rotatable bonds is 11. The predicted octanol–water partition coefficient (Wildman–Crippen LogP) is 8.07. The van der Waals surface area contributed by atoms with Crippen LogP contribution >= 0.6 is 30.3 Å². The van der Waals surface area contributed by atoms with Crippen LogP contribution in [0.25, 0.3) is 11.0 Å². The van der Waals surface area contributed by atoms with Gasteiger partial charge in [-0.1, -0.05) is 54.6 Å². The van der Waals surface area contributed by atoms with E-state index in [1.54, 1.807) is 0 Å². The molecule has 4 aromatic carbocycles. The molecule has 5 aromatic rings. The van der Waals surface area contributed by atoms with Crippen LogP contribution in [-0.4, -0.2) is 19.3 Å². The highest BCUT2D eigenvalue weighted by Crippen LogP contribution is 2.56. The summed E-state index contributed by atoms with van der Waals surface area (Å²) >= 11 is 1.97. The summed E-state index contributed by atoms with van der Waals surface area (Å²) in [5.41, 5.74) is 6.40. The van der Waals surface area contributed by atoms with Crippen LogP contribution in [0.2, 0.25) is 0 Å². The fraction of sp³-hybridized carbons (Fsp3) is 0.308. The van der Waals surface area contributed by atoms with Crippen molar-refractivity contribution in [3.8, 4) is 0 Å². The summed E-state index contributed by atoms with van der Waals surface area (Å²) in [5, 5.41) is 5.35. The number of unbranched alkanes of at least 4 members (excludes halogenated alkanes) is 2. The molecule has 6 heteroatoms. The second-order valence-electron chi connectivity index (χ2n) is 12.4. The Labute approximate surface area is 280 Å². The van der Waals surface area contributed by atoms with Crippen LogP contribution in [0.15, 0.2) is 106 Å². The molecule has 4 nitrogen and oxygen atoms in total. The largest absolute Gasteiger partial charge is 0.422 e. The Bertz CT molecular complexity index is 1730. The monoisotopic (exact) mass is 728 g/mol. The van der Waals surface area contributed by atoms with Crippen molar-refractivity contribution in [3.05, 3.63) is 130 Å². The number of fused-ring (bicyclic) bond motifs is 2. The van der Waals surface area contributed by atoms with Crippen LogP contribution in [0.4, 0.5) is 5.69 Å². The third kappa shape index (κ3) is 5.88. The van der Waals surface area contributed by atoms with E-state index in [9.17, 15) is 4.79 Å². The quantitative estimate of drug-likeness (QED) is 0.0598. The third-order valence-corrected chi connectivity index (χ3v) is 14.7. The summed E-state index contributed by atoms with van der Waals surface area (Å²) in [7, 11) is -1.85. The minimum atomic E-state index is -1.85. The zero-order valence-corrected chi connectivity index (χ0v) is 28.8. The summed E-state index contributed by atoms with van der Waals surface area (Å²) < 4.78 is 11.9. The molecule has 0 radical (unpaired) electrons. The Morgan fingerprint density at radius 3 is 1.96 bits per heavy atom. The van der Waals surface area contributed by atoms with Crippen LogP contribution < -0.4 is 26.4 Å². The van der Waals surface area contributed by atoms with Gasteiger partial charge in [0.1, 0.15) is 51.8 Å². The minimum Gasteiger partial charge on any atom is -0.422 e. The molecule has 3 heterocycles. The first-order valence-electron chi connectivity index (χ1n) is 16.4. The van der Waals surface area contributed by atoms with E-state index in [-0.39, 0.29) is 5.63 Å². The molecule has 0 saturated carbocycles. The average Bonchev–Trinajstić information content (AvgIpc) is 3.09. The van der Waals surface area contributed by atoms with Gasteiger partial charge in [0.05, 0.1) is 12.8 Å². The molecule has 0 amide bonds. The first-order chi connectivity index (χ1) is 22.2. The van der Waals surface area contributed by atoms with Gasteiger partial charge >= 0.3 is 5.63 Å². The van der Waals surface area contributed by atoms with Gasteiger partial charge in [-0.3, -0.25) is 0 Å². The molecule has 0 atom stereocenters. The molecule has 45 heavy (non-hydrogen) atoms. The highest BCUT2D eigenvalue weighted by atomic mass is 127. The van der Waals surface area contributed by atoms with E-state index in [1.807, 2.05) is 23.0 Å². The van der Waals surface area contributed by atoms with Gasteiger partial charge in [-0.2, -0.15) is 0 Å². The number of hydrogen-bond donors (Lipinski definition) is 0. The van der Waals surface area contributed by atoms with Gasteiger partial charge in [0.2, 0.25) is 0 Å². The van der Waals surface area contributed by atoms with Gasteiger partial charge in [0.15, 0.2) is 0 Å². The lowest BCUT2D eigenvalue weighted by Crippen LogP contribution is -2.34. The van der Waals surface area contributed by atoms with Crippen molar-refractivity contribution < 1.29 is 7.48 Å². The van der Waals surface area contributed by atoms with E-state index in [0.29, 0.717) is 13.0 Å². The molecule has 0 unspecified atom stereocenters. The number of anilines is 1. The van der Waals surface area contributed by atoms with E-state index in [4.69, 9.17) is 7.48 Å². The van der Waals surface area contributed by atoms with Crippen LogP contribution in [0.5, 0.6) is 0 Å². The zero-order valence-electron chi connectivity index (χ0n) is 25.7. The lowest BCUT2D eigenvalue weighted by Gasteiger charge is -2.37. The molecule has 0 bridgehead atoms. The molecule has 7 rings (SSSR count). The molecule has 1 aromatic heterocycles. The number of benzene rings is 4. The molecule has 0 saturated heterocycles. The minimum absolute atomic E-state index is 0.185. The number of aryl methyl sites for hydroxylation is 2. The molecule has 2 aliphatic heterocycles. The first kappa shape index (κ1) is 30.7. The summed E-state index contributed by atoms with van der Waals surface area (Å²) in [6.45, 7) is 2.62. The van der Waals surface area contributed by atoms with Crippen molar-refractivity contribution in [1.29, 1.82) is 0 Å². The zero-order chi connectivity index (χ0) is 30.6. The molecule has 0 fully saturated rings. The van der Waals surface area contributed by atoms with E-state index < -0.39 is 7.26 Å². The standard InChI is InChI=1S/C39H40INO3P/c40-43-28-36-33(39(42)44-38-34-23-14-25-41-24-13-15-29(37(34)41)27-35(36)38)22-11-4-12-26-45(30-16-5-1-6-17-30,31-18-7-2-8-19-31)32-20-9-3-10-21-32/h1-3,5-10,16-21,27H,4,11-15,22-26,28H2/q+1. The van der Waals surface area contributed by atoms with Gasteiger partial charge in [0.25, 0.3) is 0 Å². The summed E-state index contributed by atoms with van der Waals surface area (Å²) in [6.07, 6.45) is 9.20. The normalized spacial score (nSPS) is 14.5. The first-order valence-corrected chi connectivity index (χ1v) is 19.2. The third-order valence-electron chi connectivity index (χ3n) is 9.81. The Hall–Kier alpha value is -2.99. The van der Waals surface area contributed by atoms with Crippen LogP contribution in [-0.2, 0) is 28.9 Å². The summed E-state index contributed by atoms with van der Waals surface area (Å²) in [6, 6.07) is 35.6. The number of hydrogen-bond acceptors (Lipinski definition) is 4. The van der Waals surface area contributed by atoms with Gasteiger partial charge in [0, 0.05) is 40.9 Å². The lowest BCUT2D eigenvalue weighted by atomic mass is 9.88. The molecular weight excluding hydrogens is 688 g/mol. The Morgan fingerprint density at radius 1 is 0.756 bits per heavy atom. The van der Waals surface area contributed by atoms with Crippen molar-refractivity contribution in [1.82, 2.24) is 0 Å². The van der Waals surface area contributed by atoms with Crippen molar-refractivity contribution in [2.45, 2.75) is 58.0 Å². The Balaban J connectivity index is 1.17. The fourth-order valence-electron chi connectivity index (χ4n) is 7.79. The van der Waals surface area contributed by atoms with Crippen LogP contribution in [0.3, 0.4) is 0 Å². The second kappa shape index (κ2) is 13.8.